The van der Waals surface area contributed by atoms with Crippen LogP contribution in [0.15, 0.2) is 18.2 Å². The zero-order valence-corrected chi connectivity index (χ0v) is 10.4. The quantitative estimate of drug-likeness (QED) is 0.768. The van der Waals surface area contributed by atoms with Crippen LogP contribution >= 0.6 is 0 Å². The van der Waals surface area contributed by atoms with Crippen LogP contribution in [-0.2, 0) is 0 Å². The zero-order chi connectivity index (χ0) is 14.0. The van der Waals surface area contributed by atoms with Crippen molar-refractivity contribution in [2.45, 2.75) is 0 Å². The summed E-state index contributed by atoms with van der Waals surface area (Å²) in [5.41, 5.74) is 6.69. The van der Waals surface area contributed by atoms with Crippen molar-refractivity contribution in [3.05, 3.63) is 23.8 Å². The Morgan fingerprint density at radius 2 is 1.95 bits per heavy atom. The van der Waals surface area contributed by atoms with Crippen LogP contribution in [0.5, 0.6) is 11.5 Å². The van der Waals surface area contributed by atoms with E-state index in [0.29, 0.717) is 22.8 Å². The summed E-state index contributed by atoms with van der Waals surface area (Å²) < 4.78 is 10.3. The summed E-state index contributed by atoms with van der Waals surface area (Å²) in [6, 6.07) is 4.55. The summed E-state index contributed by atoms with van der Waals surface area (Å²) >= 11 is 0. The van der Waals surface area contributed by atoms with Gasteiger partial charge in [0.15, 0.2) is 0 Å². The molecule has 0 spiro atoms. The number of methoxy groups -OCH3 is 2. The van der Waals surface area contributed by atoms with Gasteiger partial charge in [-0.05, 0) is 6.07 Å². The van der Waals surface area contributed by atoms with Gasteiger partial charge >= 0.3 is 5.97 Å². The van der Waals surface area contributed by atoms with Crippen molar-refractivity contribution in [2.24, 2.45) is 0 Å². The predicted octanol–water partition coefficient (Wildman–Crippen LogP) is 1.37. The van der Waals surface area contributed by atoms with Gasteiger partial charge < -0.3 is 20.3 Å². The summed E-state index contributed by atoms with van der Waals surface area (Å²) in [4.78, 5) is 11.2. The average Bonchev–Trinajstić information content (AvgIpc) is 2.83. The number of benzene rings is 1. The number of nitrogens with zero attached hydrogens (tertiary/aromatic N) is 1. The molecule has 0 fully saturated rings. The standard InChI is InChI=1S/C12H13N3O4/c1-18-9-5-10(19-2)7(12(16)17)3-6(9)8-4-11(13)15-14-8/h3-5H,1-2H3,(H,16,17)(H3,13,14,15). The van der Waals surface area contributed by atoms with Gasteiger partial charge in [-0.25, -0.2) is 4.79 Å². The highest BCUT2D eigenvalue weighted by atomic mass is 16.5. The minimum atomic E-state index is -1.09. The highest BCUT2D eigenvalue weighted by Crippen LogP contribution is 2.35. The van der Waals surface area contributed by atoms with Crippen LogP contribution in [0.25, 0.3) is 11.3 Å². The van der Waals surface area contributed by atoms with Gasteiger partial charge in [0, 0.05) is 17.7 Å². The van der Waals surface area contributed by atoms with Crippen LogP contribution in [0.2, 0.25) is 0 Å². The minimum Gasteiger partial charge on any atom is -0.496 e. The van der Waals surface area contributed by atoms with E-state index in [2.05, 4.69) is 10.2 Å². The number of hydrogen-bond acceptors (Lipinski definition) is 5. The molecule has 7 nitrogen and oxygen atoms in total. The molecule has 0 unspecified atom stereocenters. The molecule has 0 radical (unpaired) electrons. The first-order valence-electron chi connectivity index (χ1n) is 5.37. The number of rotatable bonds is 4. The Morgan fingerprint density at radius 3 is 2.42 bits per heavy atom. The van der Waals surface area contributed by atoms with E-state index < -0.39 is 5.97 Å². The van der Waals surface area contributed by atoms with E-state index in [1.54, 1.807) is 6.07 Å². The summed E-state index contributed by atoms with van der Waals surface area (Å²) in [6.07, 6.45) is 0. The van der Waals surface area contributed by atoms with Crippen LogP contribution in [0.3, 0.4) is 0 Å². The number of carboxylic acid groups (broad SMARTS) is 1. The fraction of sp³-hybridized carbons (Fsp3) is 0.167. The number of nitrogen functional groups attached to an aromatic ring is 1. The van der Waals surface area contributed by atoms with E-state index in [9.17, 15) is 4.79 Å². The number of nitrogens with two attached hydrogens (primary N) is 1. The van der Waals surface area contributed by atoms with Gasteiger partial charge in [-0.15, -0.1) is 0 Å². The molecule has 0 aliphatic rings. The van der Waals surface area contributed by atoms with E-state index in [1.807, 2.05) is 0 Å². The summed E-state index contributed by atoms with van der Waals surface area (Å²) in [6.45, 7) is 0. The molecule has 0 amide bonds. The largest absolute Gasteiger partial charge is 0.496 e. The van der Waals surface area contributed by atoms with E-state index in [1.165, 1.54) is 26.4 Å². The third kappa shape index (κ3) is 2.30. The normalized spacial score (nSPS) is 10.2. The number of hydrogen-bond donors (Lipinski definition) is 3. The summed E-state index contributed by atoms with van der Waals surface area (Å²) in [7, 11) is 2.88. The Morgan fingerprint density at radius 1 is 1.26 bits per heavy atom. The lowest BCUT2D eigenvalue weighted by Crippen LogP contribution is -2.02. The molecule has 7 heteroatoms. The predicted molar refractivity (Wildman–Crippen MR) is 68.5 cm³/mol. The lowest BCUT2D eigenvalue weighted by Gasteiger charge is -2.11. The Hall–Kier alpha value is -2.70. The molecule has 0 bridgehead atoms. The second-order valence-electron chi connectivity index (χ2n) is 3.76. The smallest absolute Gasteiger partial charge is 0.339 e. The van der Waals surface area contributed by atoms with Crippen molar-refractivity contribution in [1.82, 2.24) is 10.2 Å². The molecule has 0 saturated carbocycles. The van der Waals surface area contributed by atoms with E-state index in [4.69, 9.17) is 20.3 Å². The zero-order valence-electron chi connectivity index (χ0n) is 10.4. The van der Waals surface area contributed by atoms with Crippen LogP contribution < -0.4 is 15.2 Å². The van der Waals surface area contributed by atoms with Gasteiger partial charge in [-0.1, -0.05) is 0 Å². The van der Waals surface area contributed by atoms with E-state index in [0.717, 1.165) is 0 Å². The average molecular weight is 263 g/mol. The van der Waals surface area contributed by atoms with Gasteiger partial charge in [-0.3, -0.25) is 5.10 Å². The second kappa shape index (κ2) is 4.89. The molecular weight excluding hydrogens is 250 g/mol. The Labute approximate surface area is 109 Å². The Kier molecular flexibility index (Phi) is 3.28. The minimum absolute atomic E-state index is 0.0338. The number of carboxylic acids is 1. The fourth-order valence-electron chi connectivity index (χ4n) is 1.75. The number of H-pyrrole nitrogens is 1. The topological polar surface area (TPSA) is 110 Å². The number of aromatic carboxylic acids is 1. The molecule has 2 aromatic rings. The van der Waals surface area contributed by atoms with E-state index >= 15 is 0 Å². The number of anilines is 1. The maximum Gasteiger partial charge on any atom is 0.339 e. The molecule has 0 aliphatic carbocycles. The van der Waals surface area contributed by atoms with Crippen LogP contribution in [0.4, 0.5) is 5.82 Å². The van der Waals surface area contributed by atoms with Crippen molar-refractivity contribution in [3.8, 4) is 22.8 Å². The first-order chi connectivity index (χ1) is 9.06. The third-order valence-corrected chi connectivity index (χ3v) is 2.64. The van der Waals surface area contributed by atoms with Crippen LogP contribution in [0, 0.1) is 0 Å². The molecule has 0 aliphatic heterocycles. The van der Waals surface area contributed by atoms with Crippen LogP contribution in [0.1, 0.15) is 10.4 Å². The molecule has 1 aromatic carbocycles. The SMILES string of the molecule is COc1cc(OC)c(-c2cc(N)n[nH]2)cc1C(=O)O. The molecule has 2 rings (SSSR count). The molecule has 1 heterocycles. The lowest BCUT2D eigenvalue weighted by molar-refractivity contribution is 0.0693. The first kappa shape index (κ1) is 12.7. The van der Waals surface area contributed by atoms with Gasteiger partial charge in [0.2, 0.25) is 0 Å². The van der Waals surface area contributed by atoms with E-state index in [-0.39, 0.29) is 11.3 Å². The fourth-order valence-corrected chi connectivity index (χ4v) is 1.75. The van der Waals surface area contributed by atoms with Crippen molar-refractivity contribution < 1.29 is 19.4 Å². The number of aromatic nitrogens is 2. The van der Waals surface area contributed by atoms with Crippen molar-refractivity contribution in [3.63, 3.8) is 0 Å². The number of ether oxygens (including phenoxy) is 2. The maximum atomic E-state index is 11.2. The maximum absolute atomic E-state index is 11.2. The van der Waals surface area contributed by atoms with Gasteiger partial charge in [0.05, 0.1) is 19.9 Å². The molecule has 100 valence electrons. The van der Waals surface area contributed by atoms with Gasteiger partial charge in [0.1, 0.15) is 22.9 Å². The molecule has 0 saturated heterocycles. The summed E-state index contributed by atoms with van der Waals surface area (Å²) in [5, 5.41) is 15.7. The molecular formula is C12H13N3O4. The van der Waals surface area contributed by atoms with Crippen molar-refractivity contribution in [1.29, 1.82) is 0 Å². The molecule has 0 atom stereocenters. The Balaban J connectivity index is 2.65. The molecule has 19 heavy (non-hydrogen) atoms. The van der Waals surface area contributed by atoms with Gasteiger partial charge in [0.25, 0.3) is 0 Å². The third-order valence-electron chi connectivity index (χ3n) is 2.64. The lowest BCUT2D eigenvalue weighted by atomic mass is 10.1. The highest BCUT2D eigenvalue weighted by Gasteiger charge is 2.18. The van der Waals surface area contributed by atoms with Crippen molar-refractivity contribution >= 4 is 11.8 Å². The van der Waals surface area contributed by atoms with Gasteiger partial charge in [-0.2, -0.15) is 5.10 Å². The Bertz CT molecular complexity index is 621. The monoisotopic (exact) mass is 263 g/mol. The molecule has 4 N–H and O–H groups in total. The highest BCUT2D eigenvalue weighted by molar-refractivity contribution is 5.93. The van der Waals surface area contributed by atoms with Crippen LogP contribution in [-0.4, -0.2) is 35.5 Å². The summed E-state index contributed by atoms with van der Waals surface area (Å²) in [5.74, 6) is -0.0935. The molecule has 1 aromatic heterocycles. The first-order valence-corrected chi connectivity index (χ1v) is 5.37. The number of nitrogens with one attached hydrogen (secondary N) is 1. The number of carbonyl (C=O) groups is 1. The number of aromatic amines is 1. The van der Waals surface area contributed by atoms with Crippen molar-refractivity contribution in [2.75, 3.05) is 20.0 Å². The second-order valence-corrected chi connectivity index (χ2v) is 3.76.